The second kappa shape index (κ2) is 55.4. The average Bonchev–Trinajstić information content (AvgIpc) is 3.39. The first kappa shape index (κ1) is 70.1. The van der Waals surface area contributed by atoms with Gasteiger partial charge in [-0.05, 0) is 116 Å². The molecule has 0 fully saturated rings. The molecule has 0 heterocycles. The molecular weight excluding hydrogens is 952 g/mol. The van der Waals surface area contributed by atoms with Gasteiger partial charge in [0.2, 0.25) is 0 Å². The van der Waals surface area contributed by atoms with Crippen LogP contribution in [0.3, 0.4) is 0 Å². The number of carbonyl (C=O) groups excluding carboxylic acids is 3. The summed E-state index contributed by atoms with van der Waals surface area (Å²) < 4.78 is 39.5. The molecule has 3 atom stereocenters. The molecule has 74 heavy (non-hydrogen) atoms. The summed E-state index contributed by atoms with van der Waals surface area (Å²) in [5, 5.41) is 9.80. The Morgan fingerprint density at radius 3 is 1.08 bits per heavy atom. The van der Waals surface area contributed by atoms with Gasteiger partial charge in [0, 0.05) is 19.3 Å². The summed E-state index contributed by atoms with van der Waals surface area (Å²) in [7, 11) is -4.77. The fourth-order valence-electron chi connectivity index (χ4n) is 7.34. The molecule has 0 aromatic carbocycles. The zero-order valence-corrected chi connectivity index (χ0v) is 47.4. The summed E-state index contributed by atoms with van der Waals surface area (Å²) in [4.78, 5) is 48.5. The SMILES string of the molecule is CC/C=C\C/C=C\C/C=C\C/C=C\CCCCCCCCC(=O)OCC(COP(=O)(O)OCC(CO)OC(=O)CCCCCCC/C=C\C/C=C\CCC)OC(=O)CCCCCCC/C=C\C/C=C\C/C=C\CC. The summed E-state index contributed by atoms with van der Waals surface area (Å²) >= 11 is 0. The highest BCUT2D eigenvalue weighted by atomic mass is 31.2. The molecule has 2 N–H and O–H groups in total. The van der Waals surface area contributed by atoms with E-state index in [1.54, 1.807) is 0 Å². The number of hydrogen-bond acceptors (Lipinski definition) is 10. The van der Waals surface area contributed by atoms with E-state index < -0.39 is 57.8 Å². The molecule has 0 rings (SSSR count). The molecule has 0 saturated carbocycles. The minimum atomic E-state index is -4.77. The van der Waals surface area contributed by atoms with Crippen molar-refractivity contribution in [3.05, 3.63) is 109 Å². The van der Waals surface area contributed by atoms with E-state index in [0.717, 1.165) is 167 Å². The lowest BCUT2D eigenvalue weighted by molar-refractivity contribution is -0.161. The van der Waals surface area contributed by atoms with Crippen LogP contribution in [0.4, 0.5) is 0 Å². The maximum absolute atomic E-state index is 12.9. The zero-order valence-electron chi connectivity index (χ0n) is 46.5. The number of hydrogen-bond donors (Lipinski definition) is 2. The molecule has 0 saturated heterocycles. The van der Waals surface area contributed by atoms with Gasteiger partial charge >= 0.3 is 25.7 Å². The molecule has 0 spiro atoms. The monoisotopic (exact) mass is 1050 g/mol. The smallest absolute Gasteiger partial charge is 0.462 e. The highest BCUT2D eigenvalue weighted by Gasteiger charge is 2.28. The van der Waals surface area contributed by atoms with Crippen LogP contribution in [0.1, 0.15) is 226 Å². The Balaban J connectivity index is 4.79. The quantitative estimate of drug-likeness (QED) is 0.0197. The minimum Gasteiger partial charge on any atom is -0.462 e. The van der Waals surface area contributed by atoms with Crippen LogP contribution >= 0.6 is 7.82 Å². The molecule has 3 unspecified atom stereocenters. The van der Waals surface area contributed by atoms with Crippen molar-refractivity contribution in [3.63, 3.8) is 0 Å². The lowest BCUT2D eigenvalue weighted by Gasteiger charge is -2.21. The number of unbranched alkanes of at least 4 members (excludes halogenated alkanes) is 17. The van der Waals surface area contributed by atoms with E-state index in [4.69, 9.17) is 23.3 Å². The molecule has 0 aromatic rings. The molecule has 0 radical (unpaired) electrons. The van der Waals surface area contributed by atoms with Crippen LogP contribution in [0.2, 0.25) is 0 Å². The first-order valence-corrected chi connectivity index (χ1v) is 30.3. The van der Waals surface area contributed by atoms with Gasteiger partial charge in [-0.1, -0.05) is 201 Å². The van der Waals surface area contributed by atoms with Crippen molar-refractivity contribution in [2.45, 2.75) is 238 Å². The van der Waals surface area contributed by atoms with Gasteiger partial charge in [0.1, 0.15) is 12.7 Å². The average molecular weight is 1060 g/mol. The number of aliphatic hydroxyl groups is 1. The number of phosphoric acid groups is 1. The van der Waals surface area contributed by atoms with E-state index in [2.05, 4.69) is 130 Å². The minimum absolute atomic E-state index is 0.138. The number of carbonyl (C=O) groups is 3. The standard InChI is InChI=1S/C62H103O11P/c1-4-7-10-13-16-19-22-25-27-28-29-30-32-34-36-39-42-45-48-51-60(64)69-55-59(73-62(66)53-50-47-44-41-38-35-31-26-23-20-17-14-11-8-5-2)57-71-74(67,68)70-56-58(54-63)72-61(65)52-49-46-43-40-37-33-24-21-18-15-12-9-6-3/h7-8,10-12,15-17,19-21,24-27,29-31,58-59,63H,4-6,9,13-14,18,22-23,28,32-57H2,1-3H3,(H,67,68)/b10-7-,11-8-,15-12-,19-16-,20-17-,24-21-,27-25-,30-29-,31-26-. The van der Waals surface area contributed by atoms with Gasteiger partial charge in [-0.2, -0.15) is 0 Å². The largest absolute Gasteiger partial charge is 0.472 e. The summed E-state index contributed by atoms with van der Waals surface area (Å²) in [5.74, 6) is -1.52. The Bertz CT molecular complexity index is 1660. The molecule has 0 aliphatic rings. The topological polar surface area (TPSA) is 155 Å². The van der Waals surface area contributed by atoms with Crippen LogP contribution in [-0.4, -0.2) is 66.5 Å². The van der Waals surface area contributed by atoms with E-state index in [9.17, 15) is 28.9 Å². The Labute approximate surface area is 450 Å². The van der Waals surface area contributed by atoms with E-state index in [0.29, 0.717) is 19.3 Å². The Morgan fingerprint density at radius 1 is 0.392 bits per heavy atom. The highest BCUT2D eigenvalue weighted by Crippen LogP contribution is 2.43. The predicted octanol–water partition coefficient (Wildman–Crippen LogP) is 17.0. The summed E-state index contributed by atoms with van der Waals surface area (Å²) in [6, 6.07) is 0. The second-order valence-electron chi connectivity index (χ2n) is 18.7. The zero-order chi connectivity index (χ0) is 54.1. The Kier molecular flexibility index (Phi) is 52.5. The van der Waals surface area contributed by atoms with Crippen molar-refractivity contribution in [2.75, 3.05) is 26.4 Å². The van der Waals surface area contributed by atoms with Crippen LogP contribution in [-0.2, 0) is 42.2 Å². The van der Waals surface area contributed by atoms with Gasteiger partial charge < -0.3 is 24.2 Å². The van der Waals surface area contributed by atoms with Gasteiger partial charge in [-0.25, -0.2) is 4.57 Å². The van der Waals surface area contributed by atoms with Crippen molar-refractivity contribution < 1.29 is 52.2 Å². The maximum atomic E-state index is 12.9. The third-order valence-corrected chi connectivity index (χ3v) is 12.6. The molecular formula is C62H103O11P. The first-order chi connectivity index (χ1) is 36.2. The van der Waals surface area contributed by atoms with E-state index >= 15 is 0 Å². The highest BCUT2D eigenvalue weighted by molar-refractivity contribution is 7.47. The van der Waals surface area contributed by atoms with Gasteiger partial charge in [-0.15, -0.1) is 0 Å². The van der Waals surface area contributed by atoms with E-state index in [1.807, 2.05) is 0 Å². The number of aliphatic hydroxyl groups excluding tert-OH is 1. The first-order valence-electron chi connectivity index (χ1n) is 28.8. The van der Waals surface area contributed by atoms with Gasteiger partial charge in [0.15, 0.2) is 6.10 Å². The maximum Gasteiger partial charge on any atom is 0.472 e. The molecule has 0 aromatic heterocycles. The van der Waals surface area contributed by atoms with Crippen LogP contribution < -0.4 is 0 Å². The summed E-state index contributed by atoms with van der Waals surface area (Å²) in [6.45, 7) is 4.29. The number of phosphoric ester groups is 1. The fourth-order valence-corrected chi connectivity index (χ4v) is 8.12. The molecule has 422 valence electrons. The molecule has 0 aliphatic carbocycles. The third kappa shape index (κ3) is 53.0. The third-order valence-electron chi connectivity index (χ3n) is 11.6. The van der Waals surface area contributed by atoms with Crippen molar-refractivity contribution >= 4 is 25.7 Å². The second-order valence-corrected chi connectivity index (χ2v) is 20.1. The van der Waals surface area contributed by atoms with E-state index in [1.165, 1.54) is 0 Å². The van der Waals surface area contributed by atoms with Crippen LogP contribution in [0, 0.1) is 0 Å². The number of esters is 3. The van der Waals surface area contributed by atoms with Crippen molar-refractivity contribution in [2.24, 2.45) is 0 Å². The predicted molar refractivity (Wildman–Crippen MR) is 307 cm³/mol. The van der Waals surface area contributed by atoms with Crippen molar-refractivity contribution in [1.29, 1.82) is 0 Å². The van der Waals surface area contributed by atoms with Crippen LogP contribution in [0.15, 0.2) is 109 Å². The molecule has 0 aliphatic heterocycles. The number of ether oxygens (including phenoxy) is 3. The Hall–Kier alpha value is -3.86. The Morgan fingerprint density at radius 2 is 0.703 bits per heavy atom. The molecule has 0 bridgehead atoms. The number of rotatable bonds is 52. The van der Waals surface area contributed by atoms with Gasteiger partial charge in [0.05, 0.1) is 19.8 Å². The molecule has 12 heteroatoms. The van der Waals surface area contributed by atoms with Crippen LogP contribution in [0.5, 0.6) is 0 Å². The lowest BCUT2D eigenvalue weighted by Crippen LogP contribution is -2.30. The van der Waals surface area contributed by atoms with Crippen molar-refractivity contribution in [1.82, 2.24) is 0 Å². The van der Waals surface area contributed by atoms with Gasteiger partial charge in [-0.3, -0.25) is 23.4 Å². The number of allylic oxidation sites excluding steroid dienone is 18. The molecule has 11 nitrogen and oxygen atoms in total. The summed E-state index contributed by atoms with van der Waals surface area (Å²) in [6.07, 6.45) is 66.1. The van der Waals surface area contributed by atoms with Crippen molar-refractivity contribution in [3.8, 4) is 0 Å². The van der Waals surface area contributed by atoms with E-state index in [-0.39, 0.29) is 25.9 Å². The fraction of sp³-hybridized carbons (Fsp3) is 0.661. The summed E-state index contributed by atoms with van der Waals surface area (Å²) in [5.41, 5.74) is 0. The van der Waals surface area contributed by atoms with Crippen LogP contribution in [0.25, 0.3) is 0 Å². The molecule has 0 amide bonds. The van der Waals surface area contributed by atoms with Gasteiger partial charge in [0.25, 0.3) is 0 Å². The normalized spacial score (nSPS) is 14.2. The lowest BCUT2D eigenvalue weighted by atomic mass is 10.1.